The summed E-state index contributed by atoms with van der Waals surface area (Å²) in [7, 11) is -4.13. The van der Waals surface area contributed by atoms with Gasteiger partial charge < -0.3 is 4.90 Å². The lowest BCUT2D eigenvalue weighted by molar-refractivity contribution is -0.432. The van der Waals surface area contributed by atoms with Crippen LogP contribution in [-0.2, 0) is 20.9 Å². The number of rotatable bonds is 7. The van der Waals surface area contributed by atoms with E-state index in [0.717, 1.165) is 42.6 Å². The molecule has 1 N–H and O–H groups in total. The average molecular weight is 672 g/mol. The molecule has 4 aromatic carbocycles. The second-order valence-electron chi connectivity index (χ2n) is 14.8. The fraction of sp³-hybridized carbons (Fsp3) is 0.326. The number of hydrogen-bond acceptors (Lipinski definition) is 3. The van der Waals surface area contributed by atoms with Crippen molar-refractivity contribution in [3.8, 4) is 0 Å². The van der Waals surface area contributed by atoms with Crippen LogP contribution < -0.4 is 4.90 Å². The summed E-state index contributed by atoms with van der Waals surface area (Å²) in [5.74, 6) is -0.333. The standard InChI is InChI=1S/C43H46N2O3S/c1-7-44-36-23-19-32-13-8-10-17-34(32)40(36)42(3,4)38(44)25-21-30-15-12-16-31(29(30)2)22-26-39-43(5,6)41-35-18-11-9-14-33(35)20-24-37(41)45(39)27-28-49(46,47)48/h8-11,13-14,17-26H,7,12,15-16,27-28H2,1-6H3/p+1. The van der Waals surface area contributed by atoms with Crippen LogP contribution in [0.2, 0.25) is 0 Å². The minimum Gasteiger partial charge on any atom is -0.344 e. The third-order valence-electron chi connectivity index (χ3n) is 11.1. The lowest BCUT2D eigenvalue weighted by atomic mass is 9.78. The Balaban J connectivity index is 1.27. The van der Waals surface area contributed by atoms with E-state index in [9.17, 15) is 13.0 Å². The Hall–Kier alpha value is -4.26. The Bertz CT molecular complexity index is 2280. The molecule has 0 saturated heterocycles. The molecule has 0 amide bonds. The third-order valence-corrected chi connectivity index (χ3v) is 11.8. The smallest absolute Gasteiger partial charge is 0.271 e. The highest BCUT2D eigenvalue weighted by Gasteiger charge is 2.46. The fourth-order valence-electron chi connectivity index (χ4n) is 8.69. The van der Waals surface area contributed by atoms with E-state index in [4.69, 9.17) is 0 Å². The van der Waals surface area contributed by atoms with E-state index < -0.39 is 10.1 Å². The molecule has 6 heteroatoms. The van der Waals surface area contributed by atoms with Crippen molar-refractivity contribution in [2.75, 3.05) is 23.7 Å². The van der Waals surface area contributed by atoms with Gasteiger partial charge in [-0.15, -0.1) is 0 Å². The molecule has 5 nitrogen and oxygen atoms in total. The maximum absolute atomic E-state index is 11.9. The fourth-order valence-corrected chi connectivity index (χ4v) is 9.10. The molecule has 0 radical (unpaired) electrons. The van der Waals surface area contributed by atoms with Crippen LogP contribution in [0.5, 0.6) is 0 Å². The average Bonchev–Trinajstić information content (AvgIpc) is 3.44. The van der Waals surface area contributed by atoms with Gasteiger partial charge in [-0.3, -0.25) is 4.55 Å². The maximum Gasteiger partial charge on any atom is 0.271 e. The molecule has 2 heterocycles. The molecule has 0 spiro atoms. The van der Waals surface area contributed by atoms with Crippen molar-refractivity contribution < 1.29 is 17.5 Å². The Morgan fingerprint density at radius 2 is 1.47 bits per heavy atom. The largest absolute Gasteiger partial charge is 0.344 e. The first-order chi connectivity index (χ1) is 23.3. The van der Waals surface area contributed by atoms with Gasteiger partial charge in [-0.25, -0.2) is 0 Å². The molecule has 4 aromatic rings. The van der Waals surface area contributed by atoms with Crippen LogP contribution in [0.4, 0.5) is 11.4 Å². The zero-order valence-corrected chi connectivity index (χ0v) is 30.4. The van der Waals surface area contributed by atoms with Crippen molar-refractivity contribution in [2.45, 2.75) is 71.6 Å². The highest BCUT2D eigenvalue weighted by Crippen LogP contribution is 2.51. The second-order valence-corrected chi connectivity index (χ2v) is 16.3. The highest BCUT2D eigenvalue weighted by atomic mass is 32.2. The normalized spacial score (nSPS) is 20.4. The quantitative estimate of drug-likeness (QED) is 0.157. The molecule has 2 aliphatic heterocycles. The van der Waals surface area contributed by atoms with Gasteiger partial charge in [0.1, 0.15) is 5.75 Å². The van der Waals surface area contributed by atoms with Gasteiger partial charge in [0.2, 0.25) is 5.69 Å². The minimum absolute atomic E-state index is 0.131. The van der Waals surface area contributed by atoms with Gasteiger partial charge in [0.15, 0.2) is 12.3 Å². The Morgan fingerprint density at radius 1 is 0.816 bits per heavy atom. The topological polar surface area (TPSA) is 60.6 Å². The highest BCUT2D eigenvalue weighted by molar-refractivity contribution is 7.85. The van der Waals surface area contributed by atoms with Crippen LogP contribution in [0.25, 0.3) is 21.5 Å². The van der Waals surface area contributed by atoms with E-state index in [1.807, 2.05) is 6.07 Å². The molecular formula is C43H47N2O3S+. The van der Waals surface area contributed by atoms with Crippen LogP contribution in [0.3, 0.4) is 0 Å². The number of likely N-dealkylation sites (N-methyl/N-ethyl adjacent to an activating group) is 1. The minimum atomic E-state index is -4.13. The number of hydrogen-bond donors (Lipinski definition) is 1. The van der Waals surface area contributed by atoms with Crippen LogP contribution in [0.15, 0.2) is 120 Å². The number of allylic oxidation sites excluding steroid dienone is 8. The zero-order chi connectivity index (χ0) is 34.7. The van der Waals surface area contributed by atoms with Gasteiger partial charge in [-0.2, -0.15) is 13.0 Å². The second kappa shape index (κ2) is 12.3. The third kappa shape index (κ3) is 5.69. The van der Waals surface area contributed by atoms with E-state index >= 15 is 0 Å². The Morgan fingerprint density at radius 3 is 2.14 bits per heavy atom. The maximum atomic E-state index is 11.9. The summed E-state index contributed by atoms with van der Waals surface area (Å²) in [5, 5.41) is 4.94. The van der Waals surface area contributed by atoms with Crippen LogP contribution in [0.1, 0.15) is 71.9 Å². The number of benzene rings is 4. The molecule has 0 unspecified atom stereocenters. The van der Waals surface area contributed by atoms with E-state index in [-0.39, 0.29) is 23.1 Å². The van der Waals surface area contributed by atoms with Crippen molar-refractivity contribution in [2.24, 2.45) is 0 Å². The summed E-state index contributed by atoms with van der Waals surface area (Å²) in [6, 6.07) is 25.8. The summed E-state index contributed by atoms with van der Waals surface area (Å²) in [6.45, 7) is 14.7. The lowest BCUT2D eigenvalue weighted by Gasteiger charge is -2.26. The van der Waals surface area contributed by atoms with E-state index in [1.165, 1.54) is 55.4 Å². The van der Waals surface area contributed by atoms with Crippen molar-refractivity contribution in [1.82, 2.24) is 0 Å². The first-order valence-electron chi connectivity index (χ1n) is 17.5. The van der Waals surface area contributed by atoms with Gasteiger partial charge in [0.05, 0.1) is 5.41 Å². The van der Waals surface area contributed by atoms with Gasteiger partial charge >= 0.3 is 0 Å². The van der Waals surface area contributed by atoms with E-state index in [1.54, 1.807) is 0 Å². The van der Waals surface area contributed by atoms with Crippen molar-refractivity contribution in [3.05, 3.63) is 131 Å². The molecule has 0 fully saturated rings. The molecule has 1 aliphatic carbocycles. The summed E-state index contributed by atoms with van der Waals surface area (Å²) in [4.78, 5) is 2.48. The molecule has 3 aliphatic rings. The molecule has 0 atom stereocenters. The van der Waals surface area contributed by atoms with Crippen molar-refractivity contribution in [3.63, 3.8) is 0 Å². The predicted molar refractivity (Wildman–Crippen MR) is 205 cm³/mol. The summed E-state index contributed by atoms with van der Waals surface area (Å²) in [5.41, 5.74) is 10.7. The van der Waals surface area contributed by atoms with Crippen molar-refractivity contribution in [1.29, 1.82) is 0 Å². The first kappa shape index (κ1) is 33.2. The summed E-state index contributed by atoms with van der Waals surface area (Å²) >= 11 is 0. The number of fused-ring (bicyclic) bond motifs is 6. The van der Waals surface area contributed by atoms with E-state index in [2.05, 4.69) is 142 Å². The summed E-state index contributed by atoms with van der Waals surface area (Å²) in [6.07, 6.45) is 12.3. The van der Waals surface area contributed by atoms with Crippen LogP contribution in [-0.4, -0.2) is 42.1 Å². The van der Waals surface area contributed by atoms with Crippen molar-refractivity contribution >= 4 is 48.7 Å². The van der Waals surface area contributed by atoms with Gasteiger partial charge in [0, 0.05) is 41.1 Å². The molecular weight excluding hydrogens is 625 g/mol. The van der Waals surface area contributed by atoms with E-state index in [0.29, 0.717) is 0 Å². The molecule has 0 aromatic heterocycles. The monoisotopic (exact) mass is 671 g/mol. The number of nitrogens with zero attached hydrogens (tertiary/aromatic N) is 2. The molecule has 7 rings (SSSR count). The van der Waals surface area contributed by atoms with Crippen LogP contribution in [0, 0.1) is 0 Å². The molecule has 252 valence electrons. The molecule has 0 bridgehead atoms. The lowest BCUT2D eigenvalue weighted by Crippen LogP contribution is -2.29. The number of anilines is 1. The SMILES string of the molecule is CCN1/C(=C/C=C2\CCCC(/C=C/C3=[N+](CCS(=O)(=O)O)c4ccc5ccccc5c4C3(C)C)=C2C)C(C)(C)c2c1ccc1ccccc21. The summed E-state index contributed by atoms with van der Waals surface area (Å²) < 4.78 is 35.6. The van der Waals surface area contributed by atoms with Gasteiger partial charge in [-0.05, 0) is 109 Å². The molecule has 49 heavy (non-hydrogen) atoms. The van der Waals surface area contributed by atoms with Crippen LogP contribution >= 0.6 is 0 Å². The van der Waals surface area contributed by atoms with Gasteiger partial charge in [0.25, 0.3) is 10.1 Å². The zero-order valence-electron chi connectivity index (χ0n) is 29.5. The van der Waals surface area contributed by atoms with Gasteiger partial charge in [-0.1, -0.05) is 80.6 Å². The Kier molecular flexibility index (Phi) is 8.32. The first-order valence-corrected chi connectivity index (χ1v) is 19.2. The molecule has 0 saturated carbocycles. The predicted octanol–water partition coefficient (Wildman–Crippen LogP) is 9.94. The Labute approximate surface area is 291 Å².